The lowest BCUT2D eigenvalue weighted by atomic mass is 10.0. The van der Waals surface area contributed by atoms with Crippen molar-refractivity contribution >= 4 is 48.6 Å². The third-order valence-electron chi connectivity index (χ3n) is 5.54. The summed E-state index contributed by atoms with van der Waals surface area (Å²) in [5.41, 5.74) is 0.160. The summed E-state index contributed by atoms with van der Waals surface area (Å²) in [6.45, 7) is 0.673. The van der Waals surface area contributed by atoms with Crippen LogP contribution < -0.4 is 5.32 Å². The first-order valence-electron chi connectivity index (χ1n) is 9.86. The van der Waals surface area contributed by atoms with Crippen molar-refractivity contribution in [1.29, 1.82) is 0 Å². The number of likely N-dealkylation sites (tertiary alicyclic amines) is 1. The van der Waals surface area contributed by atoms with Gasteiger partial charge in [-0.05, 0) is 43.2 Å². The molecule has 0 aliphatic carbocycles. The molecule has 7 nitrogen and oxygen atoms in total. The number of piperidine rings is 1. The highest BCUT2D eigenvalue weighted by Gasteiger charge is 2.28. The summed E-state index contributed by atoms with van der Waals surface area (Å²) in [6.07, 6.45) is -1.86. The molecule has 1 aliphatic rings. The van der Waals surface area contributed by atoms with E-state index in [4.69, 9.17) is 5.11 Å². The summed E-state index contributed by atoms with van der Waals surface area (Å²) in [5, 5.41) is 12.5. The van der Waals surface area contributed by atoms with Crippen LogP contribution in [0.2, 0.25) is 0 Å². The van der Waals surface area contributed by atoms with E-state index in [0.29, 0.717) is 36.1 Å². The number of carbonyl (C=O) groups is 1. The highest BCUT2D eigenvalue weighted by molar-refractivity contribution is 9.10. The van der Waals surface area contributed by atoms with Gasteiger partial charge < -0.3 is 15.3 Å². The lowest BCUT2D eigenvalue weighted by molar-refractivity contribution is 0.133. The molecule has 2 aromatic carbocycles. The molecule has 2 heterocycles. The third-order valence-corrected chi connectivity index (χ3v) is 7.70. The summed E-state index contributed by atoms with van der Waals surface area (Å²) < 4.78 is 55.8. The number of fused-ring (bicyclic) bond motifs is 1. The summed E-state index contributed by atoms with van der Waals surface area (Å²) in [4.78, 5) is 12.4. The molecule has 1 saturated heterocycles. The molecule has 170 valence electrons. The minimum absolute atomic E-state index is 0.0241. The second-order valence-electron chi connectivity index (χ2n) is 7.53. The second kappa shape index (κ2) is 8.70. The highest BCUT2D eigenvalue weighted by atomic mass is 79.9. The lowest BCUT2D eigenvalue weighted by Gasteiger charge is -2.31. The maximum absolute atomic E-state index is 13.9. The van der Waals surface area contributed by atoms with Crippen LogP contribution in [0.4, 0.5) is 19.3 Å². The van der Waals surface area contributed by atoms with Crippen molar-refractivity contribution in [1.82, 2.24) is 8.87 Å². The smallest absolute Gasteiger partial charge is 0.407 e. The zero-order valence-corrected chi connectivity index (χ0v) is 19.1. The molecular weight excluding hydrogens is 508 g/mol. The van der Waals surface area contributed by atoms with E-state index < -0.39 is 22.5 Å². The van der Waals surface area contributed by atoms with Crippen molar-refractivity contribution in [2.24, 2.45) is 0 Å². The Morgan fingerprint density at radius 1 is 1.16 bits per heavy atom. The number of alkyl halides is 2. The predicted molar refractivity (Wildman–Crippen MR) is 120 cm³/mol. The first-order valence-corrected chi connectivity index (χ1v) is 12.1. The molecule has 0 radical (unpaired) electrons. The average molecular weight is 528 g/mol. The fraction of sp³-hybridized carbons (Fsp3) is 0.286. The highest BCUT2D eigenvalue weighted by Crippen LogP contribution is 2.37. The van der Waals surface area contributed by atoms with Gasteiger partial charge in [-0.3, -0.25) is 0 Å². The molecular formula is C21H20BrF2N3O4S. The number of hydrogen-bond acceptors (Lipinski definition) is 4. The van der Waals surface area contributed by atoms with Crippen LogP contribution in [0.3, 0.4) is 0 Å². The van der Waals surface area contributed by atoms with Gasteiger partial charge in [0.05, 0.1) is 10.4 Å². The molecule has 0 unspecified atom stereocenters. The molecule has 2 N–H and O–H groups in total. The van der Waals surface area contributed by atoms with Gasteiger partial charge in [-0.1, -0.05) is 28.1 Å². The van der Waals surface area contributed by atoms with Crippen LogP contribution in [0.5, 0.6) is 0 Å². The molecule has 1 fully saturated rings. The summed E-state index contributed by atoms with van der Waals surface area (Å²) in [6, 6.07) is 10.7. The van der Waals surface area contributed by atoms with E-state index in [-0.39, 0.29) is 27.4 Å². The molecule has 32 heavy (non-hydrogen) atoms. The van der Waals surface area contributed by atoms with Gasteiger partial charge in [0.1, 0.15) is 0 Å². The largest absolute Gasteiger partial charge is 0.465 e. The summed E-state index contributed by atoms with van der Waals surface area (Å²) in [5.74, 6) is 0. The van der Waals surface area contributed by atoms with Crippen LogP contribution in [-0.2, 0) is 10.0 Å². The van der Waals surface area contributed by atoms with Crippen molar-refractivity contribution in [2.75, 3.05) is 18.4 Å². The number of carboxylic acid groups (broad SMARTS) is 1. The molecule has 11 heteroatoms. The first kappa shape index (κ1) is 22.5. The van der Waals surface area contributed by atoms with Gasteiger partial charge in [-0.25, -0.2) is 26.0 Å². The molecule has 1 aliphatic heterocycles. The van der Waals surface area contributed by atoms with Gasteiger partial charge >= 0.3 is 6.09 Å². The number of halogens is 3. The molecule has 0 atom stereocenters. The van der Waals surface area contributed by atoms with Gasteiger partial charge in [0.25, 0.3) is 16.4 Å². The van der Waals surface area contributed by atoms with Crippen molar-refractivity contribution < 1.29 is 27.1 Å². The zero-order valence-electron chi connectivity index (χ0n) is 16.7. The molecule has 1 amide bonds. The summed E-state index contributed by atoms with van der Waals surface area (Å²) in [7, 11) is -4.11. The maximum Gasteiger partial charge on any atom is 0.407 e. The minimum atomic E-state index is -4.11. The van der Waals surface area contributed by atoms with Crippen LogP contribution in [0, 0.1) is 0 Å². The molecule has 0 saturated carbocycles. The van der Waals surface area contributed by atoms with Gasteiger partial charge in [-0.2, -0.15) is 0 Å². The Labute approximate surface area is 191 Å². The number of amides is 1. The number of nitrogens with one attached hydrogen (secondary N) is 1. The monoisotopic (exact) mass is 527 g/mol. The molecule has 0 spiro atoms. The van der Waals surface area contributed by atoms with Gasteiger partial charge in [0.2, 0.25) is 0 Å². The quantitative estimate of drug-likeness (QED) is 0.479. The fourth-order valence-corrected chi connectivity index (χ4v) is 5.92. The molecule has 1 aromatic heterocycles. The van der Waals surface area contributed by atoms with Crippen LogP contribution in [0.15, 0.2) is 58.0 Å². The first-order chi connectivity index (χ1) is 15.2. The Morgan fingerprint density at radius 2 is 1.84 bits per heavy atom. The topological polar surface area (TPSA) is 91.6 Å². The molecule has 4 rings (SSSR count). The third kappa shape index (κ3) is 4.18. The van der Waals surface area contributed by atoms with Gasteiger partial charge in [0, 0.05) is 46.4 Å². The SMILES string of the molecule is O=C(O)N1CCC(Nc2cccc3c2c(C(F)F)cn3S(=O)(=O)c2cccc(Br)c2)CC1. The average Bonchev–Trinajstić information content (AvgIpc) is 3.16. The Balaban J connectivity index is 1.76. The van der Waals surface area contributed by atoms with E-state index in [1.807, 2.05) is 0 Å². The van der Waals surface area contributed by atoms with Crippen LogP contribution in [0.1, 0.15) is 24.8 Å². The van der Waals surface area contributed by atoms with Crippen molar-refractivity contribution in [2.45, 2.75) is 30.2 Å². The zero-order chi connectivity index (χ0) is 23.0. The van der Waals surface area contributed by atoms with E-state index in [9.17, 15) is 22.0 Å². The number of aromatic nitrogens is 1. The van der Waals surface area contributed by atoms with Crippen LogP contribution >= 0.6 is 15.9 Å². The lowest BCUT2D eigenvalue weighted by Crippen LogP contribution is -2.41. The van der Waals surface area contributed by atoms with Crippen molar-refractivity contribution in [3.05, 3.63) is 58.7 Å². The Morgan fingerprint density at radius 3 is 2.47 bits per heavy atom. The molecule has 0 bridgehead atoms. The van der Waals surface area contributed by atoms with Crippen molar-refractivity contribution in [3.8, 4) is 0 Å². The number of benzene rings is 2. The fourth-order valence-electron chi connectivity index (χ4n) is 3.95. The predicted octanol–water partition coefficient (Wildman–Crippen LogP) is 5.13. The summed E-state index contributed by atoms with van der Waals surface area (Å²) >= 11 is 3.24. The van der Waals surface area contributed by atoms with E-state index in [2.05, 4.69) is 21.2 Å². The number of hydrogen-bond donors (Lipinski definition) is 2. The second-order valence-corrected chi connectivity index (χ2v) is 10.3. The van der Waals surface area contributed by atoms with E-state index >= 15 is 0 Å². The van der Waals surface area contributed by atoms with E-state index in [1.165, 1.54) is 23.1 Å². The molecule has 3 aromatic rings. The van der Waals surface area contributed by atoms with Gasteiger partial charge in [-0.15, -0.1) is 0 Å². The normalized spacial score (nSPS) is 15.4. The van der Waals surface area contributed by atoms with Crippen molar-refractivity contribution in [3.63, 3.8) is 0 Å². The number of nitrogens with zero attached hydrogens (tertiary/aromatic N) is 2. The Hall–Kier alpha value is -2.66. The maximum atomic E-state index is 13.9. The minimum Gasteiger partial charge on any atom is -0.465 e. The standard InChI is InChI=1S/C21H20BrF2N3O4S/c22-13-3-1-4-15(11-13)32(30,31)27-12-16(20(23)24)19-17(5-2-6-18(19)27)25-14-7-9-26(10-8-14)21(28)29/h1-6,11-12,14,20,25H,7-10H2,(H,28,29). The number of anilines is 1. The van der Waals surface area contributed by atoms with Crippen LogP contribution in [0.25, 0.3) is 10.9 Å². The van der Waals surface area contributed by atoms with E-state index in [0.717, 1.165) is 10.2 Å². The Bertz CT molecular complexity index is 1270. The number of rotatable bonds is 5. The van der Waals surface area contributed by atoms with Crippen LogP contribution in [-0.4, -0.2) is 47.6 Å². The Kier molecular flexibility index (Phi) is 6.13. The van der Waals surface area contributed by atoms with E-state index in [1.54, 1.807) is 24.3 Å². The van der Waals surface area contributed by atoms with Gasteiger partial charge in [0.15, 0.2) is 0 Å².